The molecule has 0 radical (unpaired) electrons. The van der Waals surface area contributed by atoms with Gasteiger partial charge in [-0.15, -0.1) is 0 Å². The maximum atomic E-state index is 14.0. The van der Waals surface area contributed by atoms with Crippen LogP contribution in [-0.4, -0.2) is 22.0 Å². The van der Waals surface area contributed by atoms with Crippen LogP contribution in [0, 0.1) is 11.6 Å². The first-order valence-corrected chi connectivity index (χ1v) is 10.7. The van der Waals surface area contributed by atoms with Gasteiger partial charge < -0.3 is 15.2 Å². The first-order valence-electron chi connectivity index (χ1n) is 10.3. The number of carboxylic acids is 1. The molecule has 34 heavy (non-hydrogen) atoms. The zero-order valence-corrected chi connectivity index (χ0v) is 19.7. The van der Waals surface area contributed by atoms with Gasteiger partial charge in [0.05, 0.1) is 16.6 Å². The number of nitrogens with zero attached hydrogens (tertiary/aromatic N) is 1. The smallest absolute Gasteiger partial charge is 0.335 e. The Morgan fingerprint density at radius 1 is 1.09 bits per heavy atom. The van der Waals surface area contributed by atoms with Crippen LogP contribution in [0.4, 0.5) is 8.78 Å². The van der Waals surface area contributed by atoms with Gasteiger partial charge in [-0.05, 0) is 47.7 Å². The Morgan fingerprint density at radius 3 is 2.44 bits per heavy atom. The number of carboxylic acid groups (broad SMARTS) is 1. The van der Waals surface area contributed by atoms with Gasteiger partial charge in [0.15, 0.2) is 11.6 Å². The molecule has 0 aliphatic heterocycles. The first kappa shape index (κ1) is 25.1. The van der Waals surface area contributed by atoms with Crippen LogP contribution in [0.1, 0.15) is 65.6 Å². The minimum atomic E-state index is -1.04. The number of carbonyl (C=O) groups is 2. The van der Waals surface area contributed by atoms with E-state index in [9.17, 15) is 23.5 Å². The van der Waals surface area contributed by atoms with E-state index in [1.54, 1.807) is 19.1 Å². The summed E-state index contributed by atoms with van der Waals surface area (Å²) in [6.07, 6.45) is 1.22. The van der Waals surface area contributed by atoms with Gasteiger partial charge in [-0.25, -0.2) is 18.6 Å². The average molecular weight is 489 g/mol. The molecule has 0 bridgehead atoms. The van der Waals surface area contributed by atoms with Gasteiger partial charge in [-0.2, -0.15) is 0 Å². The van der Waals surface area contributed by atoms with Crippen molar-refractivity contribution in [3.63, 3.8) is 0 Å². The summed E-state index contributed by atoms with van der Waals surface area (Å²) < 4.78 is 32.9. The van der Waals surface area contributed by atoms with Crippen molar-refractivity contribution in [2.45, 2.75) is 39.2 Å². The van der Waals surface area contributed by atoms with E-state index < -0.39 is 40.7 Å². The zero-order valence-electron chi connectivity index (χ0n) is 18.9. The van der Waals surface area contributed by atoms with E-state index in [0.29, 0.717) is 11.1 Å². The summed E-state index contributed by atoms with van der Waals surface area (Å²) in [6.45, 7) is 7.42. The first-order chi connectivity index (χ1) is 15.9. The lowest BCUT2D eigenvalue weighted by Gasteiger charge is -2.24. The number of carbonyl (C=O) groups excluding carboxylic acids is 1. The molecule has 1 atom stereocenters. The lowest BCUT2D eigenvalue weighted by molar-refractivity contribution is 0.0693. The molecule has 6 nitrogen and oxygen atoms in total. The number of hydrogen-bond acceptors (Lipinski definition) is 4. The summed E-state index contributed by atoms with van der Waals surface area (Å²) >= 11 is 6.00. The summed E-state index contributed by atoms with van der Waals surface area (Å²) in [6, 6.07) is 8.32. The predicted molar refractivity (Wildman–Crippen MR) is 124 cm³/mol. The molecule has 0 fully saturated rings. The van der Waals surface area contributed by atoms with Crippen molar-refractivity contribution >= 4 is 23.5 Å². The molecular formula is C25H23ClF2N2O4. The Kier molecular flexibility index (Phi) is 7.21. The highest BCUT2D eigenvalue weighted by atomic mass is 35.5. The molecule has 0 aliphatic carbocycles. The fourth-order valence-electron chi connectivity index (χ4n) is 3.33. The van der Waals surface area contributed by atoms with Crippen LogP contribution in [0.15, 0.2) is 48.7 Å². The fourth-order valence-corrected chi connectivity index (χ4v) is 3.48. The minimum absolute atomic E-state index is 0.0822. The highest BCUT2D eigenvalue weighted by Crippen LogP contribution is 2.31. The minimum Gasteiger partial charge on any atom is -0.478 e. The van der Waals surface area contributed by atoms with Crippen molar-refractivity contribution in [3.05, 3.63) is 87.6 Å². The highest BCUT2D eigenvalue weighted by Gasteiger charge is 2.24. The molecule has 0 aliphatic rings. The van der Waals surface area contributed by atoms with Crippen LogP contribution in [0.3, 0.4) is 0 Å². The standard InChI is InChI=1S/C25H23ClF2N2O4/c1-13(14-5-7-17(24(32)33)19(9-14)25(2,3)4)30-22(31)18-10-15(26)12-29-23(18)34-21-11-16(27)6-8-20(21)28/h5-13H,1-4H3,(H,30,31)(H,32,33)/t13-/m0/s1. The second kappa shape index (κ2) is 9.77. The van der Waals surface area contributed by atoms with Crippen LogP contribution < -0.4 is 10.1 Å². The number of nitrogens with one attached hydrogen (secondary N) is 1. The van der Waals surface area contributed by atoms with Crippen molar-refractivity contribution in [1.29, 1.82) is 0 Å². The molecule has 1 amide bonds. The SMILES string of the molecule is C[C@H](NC(=O)c1cc(Cl)cnc1Oc1cc(F)ccc1F)c1ccc(C(=O)O)c(C(C)(C)C)c1. The molecule has 0 spiro atoms. The molecule has 3 rings (SSSR count). The normalized spacial score (nSPS) is 12.2. The average Bonchev–Trinajstić information content (AvgIpc) is 2.76. The van der Waals surface area contributed by atoms with Crippen LogP contribution >= 0.6 is 11.6 Å². The van der Waals surface area contributed by atoms with E-state index in [-0.39, 0.29) is 22.0 Å². The second-order valence-electron chi connectivity index (χ2n) is 8.74. The summed E-state index contributed by atoms with van der Waals surface area (Å²) in [4.78, 5) is 28.6. The molecule has 0 saturated heterocycles. The number of amides is 1. The predicted octanol–water partition coefficient (Wildman–Crippen LogP) is 6.29. The summed E-state index contributed by atoms with van der Waals surface area (Å²) in [7, 11) is 0. The van der Waals surface area contributed by atoms with E-state index in [2.05, 4.69) is 10.3 Å². The molecule has 1 heterocycles. The van der Waals surface area contributed by atoms with Gasteiger partial charge in [-0.1, -0.05) is 44.5 Å². The molecule has 178 valence electrons. The maximum Gasteiger partial charge on any atom is 0.335 e. The van der Waals surface area contributed by atoms with Crippen molar-refractivity contribution in [2.75, 3.05) is 0 Å². The third kappa shape index (κ3) is 5.69. The van der Waals surface area contributed by atoms with Crippen molar-refractivity contribution < 1.29 is 28.2 Å². The number of ether oxygens (including phenoxy) is 1. The third-order valence-electron chi connectivity index (χ3n) is 5.09. The van der Waals surface area contributed by atoms with E-state index in [1.807, 2.05) is 20.8 Å². The molecule has 2 aromatic carbocycles. The number of rotatable bonds is 6. The summed E-state index contributed by atoms with van der Waals surface area (Å²) in [5, 5.41) is 12.4. The number of pyridine rings is 1. The van der Waals surface area contributed by atoms with Crippen molar-refractivity contribution in [3.8, 4) is 11.6 Å². The molecule has 3 aromatic rings. The van der Waals surface area contributed by atoms with Crippen molar-refractivity contribution in [1.82, 2.24) is 10.3 Å². The molecule has 1 aromatic heterocycles. The molecule has 2 N–H and O–H groups in total. The highest BCUT2D eigenvalue weighted by molar-refractivity contribution is 6.30. The molecule has 0 saturated carbocycles. The Hall–Kier alpha value is -3.52. The van der Waals surface area contributed by atoms with Gasteiger partial charge >= 0.3 is 5.97 Å². The largest absolute Gasteiger partial charge is 0.478 e. The second-order valence-corrected chi connectivity index (χ2v) is 9.17. The third-order valence-corrected chi connectivity index (χ3v) is 5.30. The van der Waals surface area contributed by atoms with Crippen molar-refractivity contribution in [2.24, 2.45) is 0 Å². The zero-order chi connectivity index (χ0) is 25.2. The van der Waals surface area contributed by atoms with Gasteiger partial charge in [0.25, 0.3) is 5.91 Å². The molecule has 0 unspecified atom stereocenters. The van der Waals surface area contributed by atoms with Gasteiger partial charge in [0.2, 0.25) is 5.88 Å². The maximum absolute atomic E-state index is 14.0. The van der Waals surface area contributed by atoms with Gasteiger partial charge in [0.1, 0.15) is 11.4 Å². The van der Waals surface area contributed by atoms with E-state index in [0.717, 1.165) is 18.2 Å². The number of aromatic nitrogens is 1. The molecule has 9 heteroatoms. The topological polar surface area (TPSA) is 88.5 Å². The quantitative estimate of drug-likeness (QED) is 0.425. The number of benzene rings is 2. The summed E-state index contributed by atoms with van der Waals surface area (Å²) in [5.41, 5.74) is 0.953. The summed E-state index contributed by atoms with van der Waals surface area (Å²) in [5.74, 6) is -3.89. The van der Waals surface area contributed by atoms with Gasteiger partial charge in [0, 0.05) is 12.3 Å². The van der Waals surface area contributed by atoms with Crippen LogP contribution in [-0.2, 0) is 5.41 Å². The molecular weight excluding hydrogens is 466 g/mol. The van der Waals surface area contributed by atoms with E-state index in [4.69, 9.17) is 16.3 Å². The number of aromatic carboxylic acids is 1. The number of hydrogen-bond donors (Lipinski definition) is 2. The Balaban J connectivity index is 1.91. The lowest BCUT2D eigenvalue weighted by atomic mass is 9.82. The van der Waals surface area contributed by atoms with Crippen LogP contribution in [0.25, 0.3) is 0 Å². The van der Waals surface area contributed by atoms with Crippen LogP contribution in [0.2, 0.25) is 5.02 Å². The lowest BCUT2D eigenvalue weighted by Crippen LogP contribution is -2.28. The van der Waals surface area contributed by atoms with Gasteiger partial charge in [-0.3, -0.25) is 4.79 Å². The Morgan fingerprint density at radius 2 is 1.79 bits per heavy atom. The Labute approximate surface area is 200 Å². The fraction of sp³-hybridized carbons (Fsp3) is 0.240. The Bertz CT molecular complexity index is 1260. The van der Waals surface area contributed by atoms with E-state index >= 15 is 0 Å². The van der Waals surface area contributed by atoms with E-state index in [1.165, 1.54) is 18.3 Å². The van der Waals surface area contributed by atoms with Crippen LogP contribution in [0.5, 0.6) is 11.6 Å². The number of halogens is 3. The monoisotopic (exact) mass is 488 g/mol.